The molecule has 0 heterocycles. The van der Waals surface area contributed by atoms with Gasteiger partial charge >= 0.3 is 11.9 Å². The van der Waals surface area contributed by atoms with Crippen molar-refractivity contribution in [3.8, 4) is 0 Å². The van der Waals surface area contributed by atoms with Gasteiger partial charge in [-0.15, -0.1) is 0 Å². The number of nitrogens with two attached hydrogens (primary N) is 2. The van der Waals surface area contributed by atoms with Crippen LogP contribution in [0.15, 0.2) is 36.4 Å². The summed E-state index contributed by atoms with van der Waals surface area (Å²) >= 11 is 6.78. The normalized spacial score (nSPS) is 17.4. The lowest BCUT2D eigenvalue weighted by atomic mass is 9.76. The molecule has 8 nitrogen and oxygen atoms in total. The lowest BCUT2D eigenvalue weighted by Gasteiger charge is -2.33. The molecule has 0 saturated heterocycles. The van der Waals surface area contributed by atoms with Crippen molar-refractivity contribution < 1.29 is 29.4 Å². The molecule has 1 unspecified atom stereocenters. The Balaban J connectivity index is 2.34. The van der Waals surface area contributed by atoms with Crippen LogP contribution in [0.1, 0.15) is 43.1 Å². The number of aliphatic carboxylic acids is 1. The highest BCUT2D eigenvalue weighted by Gasteiger charge is 2.48. The zero-order valence-corrected chi connectivity index (χ0v) is 20.3. The number of hydrogen-bond donors (Lipinski definition) is 4. The minimum absolute atomic E-state index is 0.156. The summed E-state index contributed by atoms with van der Waals surface area (Å²) in [6.45, 7) is 0. The number of fused-ring (bicyclic) bond motifs is 2. The first kappa shape index (κ1) is 22.3. The second-order valence-corrected chi connectivity index (χ2v) is 10.4. The standard InChI is InChI=1S/C24H14Br2N2O6/c25-11-7-24(26,23(33)34)19-15-13(11)9-5-1-3-8-4-2-6-10(12(8)9)14(15)16(20(27)29)17(21(28)30)18(19)22(31)32/h1-6H,7H2,(H2,27,29)(H2,28,30)(H,31,32)(H,33,34). The van der Waals surface area contributed by atoms with Gasteiger partial charge in [0.25, 0.3) is 0 Å². The van der Waals surface area contributed by atoms with Crippen LogP contribution in [0.3, 0.4) is 0 Å². The maximum Gasteiger partial charge on any atom is 0.336 e. The molecule has 34 heavy (non-hydrogen) atoms. The third-order valence-electron chi connectivity index (χ3n) is 6.31. The Bertz CT molecular complexity index is 1720. The van der Waals surface area contributed by atoms with Crippen molar-refractivity contribution in [3.05, 3.63) is 63.9 Å². The monoisotopic (exact) mass is 584 g/mol. The molecule has 0 spiro atoms. The van der Waals surface area contributed by atoms with Gasteiger partial charge in [-0.1, -0.05) is 68.3 Å². The van der Waals surface area contributed by atoms with Crippen molar-refractivity contribution >= 4 is 92.4 Å². The van der Waals surface area contributed by atoms with Crippen LogP contribution in [0, 0.1) is 0 Å². The molecule has 0 bridgehead atoms. The predicted octanol–water partition coefficient (Wildman–Crippen LogP) is 3.34. The molecule has 6 N–H and O–H groups in total. The van der Waals surface area contributed by atoms with Gasteiger partial charge in [-0.25, -0.2) is 4.79 Å². The van der Waals surface area contributed by atoms with Gasteiger partial charge in [0.15, 0.2) is 4.32 Å². The molecule has 0 fully saturated rings. The van der Waals surface area contributed by atoms with Crippen LogP contribution < -0.4 is 16.7 Å². The van der Waals surface area contributed by atoms with Crippen molar-refractivity contribution in [2.75, 3.05) is 0 Å². The first-order valence-electron chi connectivity index (χ1n) is 9.91. The number of halogens is 2. The van der Waals surface area contributed by atoms with Crippen LogP contribution in [0.4, 0.5) is 0 Å². The molecule has 5 rings (SSSR count). The van der Waals surface area contributed by atoms with E-state index in [9.17, 15) is 29.4 Å². The highest BCUT2D eigenvalue weighted by atomic mass is 79.9. The molecule has 1 aliphatic rings. The van der Waals surface area contributed by atoms with Crippen molar-refractivity contribution in [3.63, 3.8) is 0 Å². The number of carbonyl (C=O) groups is 4. The Morgan fingerprint density at radius 3 is 1.94 bits per heavy atom. The SMILES string of the molecule is NC(=O)c1c(C(=O)O)c2c3c(c4cccc5cccc(c3c1C(N)=O)c54)=C(Br)CC2(Br)C(=O)O. The van der Waals surface area contributed by atoms with Gasteiger partial charge in [-0.3, -0.25) is 14.4 Å². The summed E-state index contributed by atoms with van der Waals surface area (Å²) in [6.07, 6.45) is -0.156. The molecule has 4 aromatic carbocycles. The number of alkyl halides is 1. The summed E-state index contributed by atoms with van der Waals surface area (Å²) in [5.74, 6) is -5.23. The quantitative estimate of drug-likeness (QED) is 0.163. The summed E-state index contributed by atoms with van der Waals surface area (Å²) in [7, 11) is 0. The Hall–Kier alpha value is -3.50. The van der Waals surface area contributed by atoms with Crippen LogP contribution in [-0.4, -0.2) is 34.0 Å². The average molecular weight is 586 g/mol. The van der Waals surface area contributed by atoms with Crippen LogP contribution in [0.25, 0.3) is 36.8 Å². The number of carboxylic acid groups (broad SMARTS) is 2. The highest BCUT2D eigenvalue weighted by Crippen LogP contribution is 2.50. The van der Waals surface area contributed by atoms with Crippen molar-refractivity contribution in [2.24, 2.45) is 11.5 Å². The van der Waals surface area contributed by atoms with Crippen molar-refractivity contribution in [1.82, 2.24) is 0 Å². The summed E-state index contributed by atoms with van der Waals surface area (Å²) < 4.78 is -1.44. The number of primary amides is 2. The molecule has 0 saturated carbocycles. The highest BCUT2D eigenvalue weighted by molar-refractivity contribution is 9.15. The van der Waals surface area contributed by atoms with Crippen LogP contribution >= 0.6 is 31.9 Å². The molecule has 0 radical (unpaired) electrons. The van der Waals surface area contributed by atoms with E-state index in [1.165, 1.54) is 0 Å². The summed E-state index contributed by atoms with van der Waals surface area (Å²) in [5, 5.41) is 24.1. The minimum atomic E-state index is -1.92. The fourth-order valence-corrected chi connectivity index (χ4v) is 7.01. The third-order valence-corrected chi connectivity index (χ3v) is 8.00. The van der Waals surface area contributed by atoms with Crippen LogP contribution in [0.5, 0.6) is 0 Å². The first-order valence-corrected chi connectivity index (χ1v) is 11.5. The second kappa shape index (κ2) is 7.25. The number of benzene rings is 4. The molecule has 0 aromatic heterocycles. The average Bonchev–Trinajstić information content (AvgIpc) is 2.76. The van der Waals surface area contributed by atoms with Gasteiger partial charge < -0.3 is 21.7 Å². The zero-order chi connectivity index (χ0) is 24.7. The number of rotatable bonds is 4. The Morgan fingerprint density at radius 1 is 0.824 bits per heavy atom. The largest absolute Gasteiger partial charge is 0.480 e. The number of carbonyl (C=O) groups excluding carboxylic acids is 2. The third kappa shape index (κ3) is 2.69. The van der Waals surface area contributed by atoms with E-state index in [2.05, 4.69) is 31.9 Å². The first-order chi connectivity index (χ1) is 16.0. The van der Waals surface area contributed by atoms with E-state index in [0.29, 0.717) is 15.1 Å². The second-order valence-electron chi connectivity index (χ2n) is 8.06. The van der Waals surface area contributed by atoms with Gasteiger partial charge in [0.05, 0.1) is 16.7 Å². The molecule has 10 heteroatoms. The lowest BCUT2D eigenvalue weighted by Crippen LogP contribution is -2.38. The fraction of sp³-hybridized carbons (Fsp3) is 0.0833. The molecule has 4 aromatic rings. The molecule has 170 valence electrons. The van der Waals surface area contributed by atoms with Gasteiger partial charge in [0, 0.05) is 27.1 Å². The number of hydrogen-bond acceptors (Lipinski definition) is 4. The fourth-order valence-electron chi connectivity index (χ4n) is 5.12. The Labute approximate surface area is 207 Å². The van der Waals surface area contributed by atoms with Gasteiger partial charge in [0.1, 0.15) is 0 Å². The van der Waals surface area contributed by atoms with E-state index >= 15 is 0 Å². The summed E-state index contributed by atoms with van der Waals surface area (Å²) in [4.78, 5) is 50.4. The van der Waals surface area contributed by atoms with E-state index in [1.54, 1.807) is 12.1 Å². The van der Waals surface area contributed by atoms with Crippen LogP contribution in [-0.2, 0) is 9.12 Å². The molecule has 0 aliphatic heterocycles. The minimum Gasteiger partial charge on any atom is -0.480 e. The van der Waals surface area contributed by atoms with Gasteiger partial charge in [-0.2, -0.15) is 0 Å². The maximum atomic E-state index is 12.8. The smallest absolute Gasteiger partial charge is 0.336 e. The van der Waals surface area contributed by atoms with Crippen molar-refractivity contribution in [1.29, 1.82) is 0 Å². The molecular weight excluding hydrogens is 572 g/mol. The zero-order valence-electron chi connectivity index (χ0n) is 17.1. The van der Waals surface area contributed by atoms with E-state index in [0.717, 1.165) is 16.2 Å². The molecule has 2 amide bonds. The maximum absolute atomic E-state index is 12.8. The summed E-state index contributed by atoms with van der Waals surface area (Å²) in [6, 6.07) is 10.9. The topological polar surface area (TPSA) is 161 Å². The molecule has 1 atom stereocenters. The van der Waals surface area contributed by atoms with Gasteiger partial charge in [0.2, 0.25) is 11.8 Å². The molecular formula is C24H14Br2N2O6. The predicted molar refractivity (Wildman–Crippen MR) is 133 cm³/mol. The van der Waals surface area contributed by atoms with Crippen molar-refractivity contribution in [2.45, 2.75) is 10.7 Å². The van der Waals surface area contributed by atoms with Crippen LogP contribution in [0.2, 0.25) is 0 Å². The number of amides is 2. The van der Waals surface area contributed by atoms with Gasteiger partial charge in [-0.05, 0) is 26.9 Å². The van der Waals surface area contributed by atoms with E-state index in [1.807, 2.05) is 24.3 Å². The number of aromatic carboxylic acids is 1. The van der Waals surface area contributed by atoms with E-state index < -0.39 is 39.2 Å². The van der Waals surface area contributed by atoms with E-state index in [-0.39, 0.29) is 28.3 Å². The summed E-state index contributed by atoms with van der Waals surface area (Å²) in [5.41, 5.74) is 9.51. The molecule has 1 aliphatic carbocycles. The van der Waals surface area contributed by atoms with E-state index in [4.69, 9.17) is 11.5 Å². The number of carboxylic acids is 2. The Morgan fingerprint density at radius 2 is 1.41 bits per heavy atom. The lowest BCUT2D eigenvalue weighted by molar-refractivity contribution is -0.139. The Kier molecular flexibility index (Phi) is 4.75.